The smallest absolute Gasteiger partial charge is 0.197 e. The van der Waals surface area contributed by atoms with E-state index in [1.165, 1.54) is 10.4 Å². The summed E-state index contributed by atoms with van der Waals surface area (Å²) >= 11 is 3.27. The summed E-state index contributed by atoms with van der Waals surface area (Å²) in [5.41, 5.74) is 1.26. The minimum Gasteiger partial charge on any atom is -0.309 e. The van der Waals surface area contributed by atoms with Gasteiger partial charge in [-0.25, -0.2) is 9.97 Å². The molecule has 0 radical (unpaired) electrons. The molecule has 3 heterocycles. The molecule has 0 saturated heterocycles. The molecule has 0 unspecified atom stereocenters. The number of aromatic nitrogens is 5. The van der Waals surface area contributed by atoms with Crippen LogP contribution in [0.4, 0.5) is 0 Å². The van der Waals surface area contributed by atoms with Gasteiger partial charge in [0.2, 0.25) is 0 Å². The van der Waals surface area contributed by atoms with Crippen LogP contribution in [0.25, 0.3) is 10.2 Å². The van der Waals surface area contributed by atoms with E-state index in [2.05, 4.69) is 34.0 Å². The minimum atomic E-state index is 0.792. The van der Waals surface area contributed by atoms with Gasteiger partial charge in [-0.2, -0.15) is 0 Å². The normalized spacial score (nSPS) is 11.4. The van der Waals surface area contributed by atoms with Crippen LogP contribution >= 0.6 is 23.1 Å². The molecule has 0 N–H and O–H groups in total. The third-order valence-electron chi connectivity index (χ3n) is 3.35. The van der Waals surface area contributed by atoms with Crippen molar-refractivity contribution < 1.29 is 0 Å². The highest BCUT2D eigenvalue weighted by molar-refractivity contribution is 7.99. The molecule has 0 aromatic carbocycles. The van der Waals surface area contributed by atoms with Crippen LogP contribution in [0, 0.1) is 27.7 Å². The fourth-order valence-corrected chi connectivity index (χ4v) is 4.14. The summed E-state index contributed by atoms with van der Waals surface area (Å²) in [4.78, 5) is 11.5. The Labute approximate surface area is 125 Å². The Hall–Kier alpha value is -1.47. The molecule has 104 valence electrons. The van der Waals surface area contributed by atoms with Gasteiger partial charge in [0.15, 0.2) is 5.16 Å². The van der Waals surface area contributed by atoms with E-state index in [4.69, 9.17) is 0 Å². The zero-order valence-electron chi connectivity index (χ0n) is 12.1. The van der Waals surface area contributed by atoms with Gasteiger partial charge in [0.25, 0.3) is 0 Å². The first-order valence-electron chi connectivity index (χ1n) is 6.25. The van der Waals surface area contributed by atoms with Gasteiger partial charge in [-0.05, 0) is 45.0 Å². The third-order valence-corrected chi connectivity index (χ3v) is 5.48. The molecule has 0 spiro atoms. The first-order valence-corrected chi connectivity index (χ1v) is 7.89. The van der Waals surface area contributed by atoms with Gasteiger partial charge in [0.1, 0.15) is 21.5 Å². The van der Waals surface area contributed by atoms with Crippen molar-refractivity contribution in [2.45, 2.75) is 37.9 Å². The highest BCUT2D eigenvalue weighted by Crippen LogP contribution is 2.37. The van der Waals surface area contributed by atoms with Crippen LogP contribution in [-0.2, 0) is 7.05 Å². The zero-order valence-corrected chi connectivity index (χ0v) is 13.7. The summed E-state index contributed by atoms with van der Waals surface area (Å²) in [6, 6.07) is 0. The highest BCUT2D eigenvalue weighted by Gasteiger charge is 2.16. The van der Waals surface area contributed by atoms with Gasteiger partial charge in [-0.1, -0.05) is 0 Å². The molecule has 7 heteroatoms. The lowest BCUT2D eigenvalue weighted by Crippen LogP contribution is -1.96. The average Bonchev–Trinajstić information content (AvgIpc) is 2.84. The van der Waals surface area contributed by atoms with E-state index in [1.54, 1.807) is 23.1 Å². The molecular weight excluding hydrogens is 290 g/mol. The Balaban J connectivity index is 2.17. The molecule has 0 amide bonds. The molecule has 3 aromatic heterocycles. The predicted octanol–water partition coefficient (Wildman–Crippen LogP) is 3.20. The molecule has 3 rings (SSSR count). The van der Waals surface area contributed by atoms with E-state index in [0.717, 1.165) is 32.0 Å². The largest absolute Gasteiger partial charge is 0.309 e. The van der Waals surface area contributed by atoms with Crippen molar-refractivity contribution in [3.8, 4) is 0 Å². The fourth-order valence-electron chi connectivity index (χ4n) is 1.95. The number of thiophene rings is 1. The topological polar surface area (TPSA) is 56.5 Å². The number of rotatable bonds is 2. The van der Waals surface area contributed by atoms with E-state index in [0.29, 0.717) is 0 Å². The molecule has 0 aliphatic heterocycles. The molecule has 0 fully saturated rings. The number of fused-ring (bicyclic) bond motifs is 1. The van der Waals surface area contributed by atoms with Gasteiger partial charge < -0.3 is 4.57 Å². The summed E-state index contributed by atoms with van der Waals surface area (Å²) in [5.74, 6) is 1.69. The van der Waals surface area contributed by atoms with E-state index < -0.39 is 0 Å². The maximum atomic E-state index is 4.60. The average molecular weight is 305 g/mol. The van der Waals surface area contributed by atoms with Crippen LogP contribution in [0.1, 0.15) is 22.1 Å². The van der Waals surface area contributed by atoms with E-state index >= 15 is 0 Å². The quantitative estimate of drug-likeness (QED) is 0.680. The Morgan fingerprint density at radius 3 is 2.45 bits per heavy atom. The summed E-state index contributed by atoms with van der Waals surface area (Å²) < 4.78 is 1.97. The van der Waals surface area contributed by atoms with Crippen LogP contribution in [-0.4, -0.2) is 24.7 Å². The van der Waals surface area contributed by atoms with Gasteiger partial charge in [0.05, 0.1) is 0 Å². The van der Waals surface area contributed by atoms with E-state index in [-0.39, 0.29) is 0 Å². The molecule has 3 aromatic rings. The first kappa shape index (κ1) is 13.5. The maximum absolute atomic E-state index is 4.60. The SMILES string of the molecule is Cc1nc(Sc2nnc(C)n2C)c2c(C)c(C)sc2n1. The van der Waals surface area contributed by atoms with E-state index in [1.807, 2.05) is 25.5 Å². The number of hydrogen-bond donors (Lipinski definition) is 0. The predicted molar refractivity (Wildman–Crippen MR) is 81.5 cm³/mol. The Morgan fingerprint density at radius 1 is 1.05 bits per heavy atom. The van der Waals surface area contributed by atoms with Crippen molar-refractivity contribution in [3.63, 3.8) is 0 Å². The van der Waals surface area contributed by atoms with Crippen LogP contribution in [0.15, 0.2) is 10.2 Å². The number of nitrogens with zero attached hydrogens (tertiary/aromatic N) is 5. The Morgan fingerprint density at radius 2 is 1.80 bits per heavy atom. The van der Waals surface area contributed by atoms with Crippen molar-refractivity contribution >= 4 is 33.3 Å². The molecule has 5 nitrogen and oxygen atoms in total. The maximum Gasteiger partial charge on any atom is 0.197 e. The van der Waals surface area contributed by atoms with Gasteiger partial charge in [-0.15, -0.1) is 21.5 Å². The lowest BCUT2D eigenvalue weighted by Gasteiger charge is -2.04. The molecule has 0 saturated carbocycles. The van der Waals surface area contributed by atoms with Crippen LogP contribution < -0.4 is 0 Å². The second-order valence-corrected chi connectivity index (χ2v) is 6.89. The van der Waals surface area contributed by atoms with Crippen LogP contribution in [0.2, 0.25) is 0 Å². The standard InChI is InChI=1S/C13H15N5S2/c1-6-7(2)19-11-10(6)12(15-8(3)14-11)20-13-17-16-9(4)18(13)5/h1-5H3. The molecule has 0 aliphatic rings. The second-order valence-electron chi connectivity index (χ2n) is 4.73. The summed E-state index contributed by atoms with van der Waals surface area (Å²) in [6.45, 7) is 8.12. The van der Waals surface area contributed by atoms with Crippen LogP contribution in [0.3, 0.4) is 0 Å². The van der Waals surface area contributed by atoms with Gasteiger partial charge in [-0.3, -0.25) is 0 Å². The molecule has 0 bridgehead atoms. The molecule has 20 heavy (non-hydrogen) atoms. The summed E-state index contributed by atoms with van der Waals surface area (Å²) in [6.07, 6.45) is 0. The number of aryl methyl sites for hydroxylation is 4. The van der Waals surface area contributed by atoms with Crippen molar-refractivity contribution in [2.24, 2.45) is 7.05 Å². The monoisotopic (exact) mass is 305 g/mol. The zero-order chi connectivity index (χ0) is 14.4. The molecule has 0 aliphatic carbocycles. The Kier molecular flexibility index (Phi) is 3.25. The third kappa shape index (κ3) is 2.10. The van der Waals surface area contributed by atoms with Crippen molar-refractivity contribution in [1.29, 1.82) is 0 Å². The lowest BCUT2D eigenvalue weighted by molar-refractivity contribution is 0.764. The van der Waals surface area contributed by atoms with Gasteiger partial charge >= 0.3 is 0 Å². The fraction of sp³-hybridized carbons (Fsp3) is 0.385. The summed E-state index contributed by atoms with van der Waals surface area (Å²) in [5, 5.41) is 11.3. The number of hydrogen-bond acceptors (Lipinski definition) is 6. The van der Waals surface area contributed by atoms with Gasteiger partial charge in [0, 0.05) is 17.3 Å². The molecular formula is C13H15N5S2. The van der Waals surface area contributed by atoms with E-state index in [9.17, 15) is 0 Å². The van der Waals surface area contributed by atoms with Crippen LogP contribution in [0.5, 0.6) is 0 Å². The van der Waals surface area contributed by atoms with Crippen molar-refractivity contribution in [1.82, 2.24) is 24.7 Å². The minimum absolute atomic E-state index is 0.792. The van der Waals surface area contributed by atoms with Crippen molar-refractivity contribution in [3.05, 3.63) is 22.1 Å². The lowest BCUT2D eigenvalue weighted by atomic mass is 10.2. The highest BCUT2D eigenvalue weighted by atomic mass is 32.2. The first-order chi connectivity index (χ1) is 9.47. The second kappa shape index (κ2) is 4.82. The Bertz CT molecular complexity index is 803. The van der Waals surface area contributed by atoms with Crippen molar-refractivity contribution in [2.75, 3.05) is 0 Å². The molecule has 0 atom stereocenters. The summed E-state index contributed by atoms with van der Waals surface area (Å²) in [7, 11) is 1.97.